The van der Waals surface area contributed by atoms with Gasteiger partial charge in [0.15, 0.2) is 5.69 Å². The standard InChI is InChI=1S/C13H22N6O2/c1-4-5-15-10(20)7-17-13(21)11-9(19-14)6-16-12(18-11)8(2)3/h6,8,19H,4-5,7,14H2,1-3H3,(H,15,20)(H,17,21). The monoisotopic (exact) mass is 294 g/mol. The first-order chi connectivity index (χ1) is 9.99. The van der Waals surface area contributed by atoms with Gasteiger partial charge in [-0.05, 0) is 6.42 Å². The highest BCUT2D eigenvalue weighted by Gasteiger charge is 2.16. The molecule has 0 radical (unpaired) electrons. The number of hydrogen-bond donors (Lipinski definition) is 4. The zero-order valence-electron chi connectivity index (χ0n) is 12.6. The fraction of sp³-hybridized carbons (Fsp3) is 0.538. The minimum Gasteiger partial charge on any atom is -0.355 e. The number of carbonyl (C=O) groups excluding carboxylic acids is 2. The third kappa shape index (κ3) is 4.99. The van der Waals surface area contributed by atoms with Crippen molar-refractivity contribution in [3.05, 3.63) is 17.7 Å². The molecule has 0 fully saturated rings. The quantitative estimate of drug-likeness (QED) is 0.419. The average Bonchev–Trinajstić information content (AvgIpc) is 2.49. The highest BCUT2D eigenvalue weighted by atomic mass is 16.2. The molecule has 0 saturated heterocycles. The number of amides is 2. The summed E-state index contributed by atoms with van der Waals surface area (Å²) in [4.78, 5) is 31.9. The second kappa shape index (κ2) is 8.15. The van der Waals surface area contributed by atoms with Crippen LogP contribution in [0.1, 0.15) is 49.4 Å². The van der Waals surface area contributed by atoms with Gasteiger partial charge in [0.1, 0.15) is 5.82 Å². The van der Waals surface area contributed by atoms with Crippen molar-refractivity contribution in [3.63, 3.8) is 0 Å². The minimum absolute atomic E-state index is 0.0798. The summed E-state index contributed by atoms with van der Waals surface area (Å²) in [5.41, 5.74) is 2.81. The lowest BCUT2D eigenvalue weighted by atomic mass is 10.2. The lowest BCUT2D eigenvalue weighted by Gasteiger charge is -2.11. The van der Waals surface area contributed by atoms with E-state index in [0.29, 0.717) is 18.1 Å². The number of nitrogens with zero attached hydrogens (tertiary/aromatic N) is 2. The van der Waals surface area contributed by atoms with Gasteiger partial charge in [-0.25, -0.2) is 9.97 Å². The van der Waals surface area contributed by atoms with E-state index in [1.165, 1.54) is 6.20 Å². The molecule has 0 aliphatic carbocycles. The molecule has 0 unspecified atom stereocenters. The van der Waals surface area contributed by atoms with Crippen LogP contribution in [0, 0.1) is 0 Å². The van der Waals surface area contributed by atoms with Crippen LogP contribution in [-0.4, -0.2) is 34.9 Å². The van der Waals surface area contributed by atoms with E-state index in [9.17, 15) is 9.59 Å². The summed E-state index contributed by atoms with van der Waals surface area (Å²) < 4.78 is 0. The second-order valence-electron chi connectivity index (χ2n) is 4.82. The van der Waals surface area contributed by atoms with Crippen molar-refractivity contribution in [2.45, 2.75) is 33.1 Å². The number of nitrogens with two attached hydrogens (primary N) is 1. The van der Waals surface area contributed by atoms with Crippen LogP contribution in [0.25, 0.3) is 0 Å². The number of rotatable bonds is 7. The van der Waals surface area contributed by atoms with Crippen LogP contribution in [0.15, 0.2) is 6.20 Å². The first-order valence-corrected chi connectivity index (χ1v) is 6.88. The predicted octanol–water partition coefficient (Wildman–Crippen LogP) is 0.142. The van der Waals surface area contributed by atoms with Crippen molar-refractivity contribution < 1.29 is 9.59 Å². The molecule has 0 bridgehead atoms. The van der Waals surface area contributed by atoms with Crippen LogP contribution in [0.3, 0.4) is 0 Å². The SMILES string of the molecule is CCCNC(=O)CNC(=O)c1nc(C(C)C)ncc1NN. The molecular formula is C13H22N6O2. The van der Waals surface area contributed by atoms with Gasteiger partial charge in [-0.2, -0.15) is 0 Å². The van der Waals surface area contributed by atoms with Gasteiger partial charge in [0.2, 0.25) is 5.91 Å². The molecule has 0 spiro atoms. The minimum atomic E-state index is -0.473. The highest BCUT2D eigenvalue weighted by molar-refractivity contribution is 5.99. The van der Waals surface area contributed by atoms with E-state index >= 15 is 0 Å². The van der Waals surface area contributed by atoms with Crippen molar-refractivity contribution in [2.24, 2.45) is 5.84 Å². The molecule has 0 aliphatic rings. The van der Waals surface area contributed by atoms with Crippen LogP contribution >= 0.6 is 0 Å². The summed E-state index contributed by atoms with van der Waals surface area (Å²) >= 11 is 0. The maximum Gasteiger partial charge on any atom is 0.272 e. The van der Waals surface area contributed by atoms with Crippen molar-refractivity contribution in [3.8, 4) is 0 Å². The molecular weight excluding hydrogens is 272 g/mol. The Hall–Kier alpha value is -2.22. The Balaban J connectivity index is 2.76. The smallest absolute Gasteiger partial charge is 0.272 e. The maximum absolute atomic E-state index is 12.1. The third-order valence-electron chi connectivity index (χ3n) is 2.68. The summed E-state index contributed by atoms with van der Waals surface area (Å²) in [6.07, 6.45) is 2.29. The van der Waals surface area contributed by atoms with E-state index in [1.807, 2.05) is 20.8 Å². The summed E-state index contributed by atoms with van der Waals surface area (Å²) in [5.74, 6) is 5.25. The number of hydrogen-bond acceptors (Lipinski definition) is 6. The number of aromatic nitrogens is 2. The molecule has 0 saturated carbocycles. The number of carbonyl (C=O) groups is 2. The van der Waals surface area contributed by atoms with Gasteiger partial charge >= 0.3 is 0 Å². The van der Waals surface area contributed by atoms with E-state index < -0.39 is 5.91 Å². The summed E-state index contributed by atoms with van der Waals surface area (Å²) in [6.45, 7) is 6.26. The molecule has 1 heterocycles. The van der Waals surface area contributed by atoms with Crippen LogP contribution in [0.4, 0.5) is 5.69 Å². The first-order valence-electron chi connectivity index (χ1n) is 6.88. The van der Waals surface area contributed by atoms with Crippen molar-refractivity contribution >= 4 is 17.5 Å². The Kier molecular flexibility index (Phi) is 6.54. The third-order valence-corrected chi connectivity index (χ3v) is 2.68. The van der Waals surface area contributed by atoms with Gasteiger partial charge in [0.05, 0.1) is 18.4 Å². The summed E-state index contributed by atoms with van der Waals surface area (Å²) in [6, 6.07) is 0. The van der Waals surface area contributed by atoms with Crippen molar-refractivity contribution in [1.82, 2.24) is 20.6 Å². The van der Waals surface area contributed by atoms with Gasteiger partial charge in [-0.1, -0.05) is 20.8 Å². The normalized spacial score (nSPS) is 10.3. The maximum atomic E-state index is 12.1. The predicted molar refractivity (Wildman–Crippen MR) is 79.6 cm³/mol. The number of anilines is 1. The van der Waals surface area contributed by atoms with Crippen LogP contribution in [-0.2, 0) is 4.79 Å². The van der Waals surface area contributed by atoms with E-state index in [1.54, 1.807) is 0 Å². The van der Waals surface area contributed by atoms with Gasteiger partial charge in [0, 0.05) is 12.5 Å². The first kappa shape index (κ1) is 16.8. The summed E-state index contributed by atoms with van der Waals surface area (Å²) in [5, 5.41) is 5.18. The second-order valence-corrected chi connectivity index (χ2v) is 4.82. The molecule has 116 valence electrons. The topological polar surface area (TPSA) is 122 Å². The number of hydrazine groups is 1. The molecule has 0 aromatic carbocycles. The van der Waals surface area contributed by atoms with E-state index in [2.05, 4.69) is 26.0 Å². The van der Waals surface area contributed by atoms with Crippen molar-refractivity contribution in [2.75, 3.05) is 18.5 Å². The fourth-order valence-electron chi connectivity index (χ4n) is 1.52. The molecule has 0 atom stereocenters. The molecule has 8 heteroatoms. The van der Waals surface area contributed by atoms with E-state index in [0.717, 1.165) is 6.42 Å². The van der Waals surface area contributed by atoms with Crippen LogP contribution in [0.2, 0.25) is 0 Å². The Bertz CT molecular complexity index is 503. The lowest BCUT2D eigenvalue weighted by molar-refractivity contribution is -0.120. The highest BCUT2D eigenvalue weighted by Crippen LogP contribution is 2.15. The van der Waals surface area contributed by atoms with Gasteiger partial charge in [-0.15, -0.1) is 0 Å². The zero-order valence-corrected chi connectivity index (χ0v) is 12.6. The van der Waals surface area contributed by atoms with Gasteiger partial charge < -0.3 is 16.1 Å². The average molecular weight is 294 g/mol. The number of nitrogens with one attached hydrogen (secondary N) is 3. The van der Waals surface area contributed by atoms with Gasteiger partial charge in [-0.3, -0.25) is 15.4 Å². The molecule has 1 rings (SSSR count). The Labute approximate surface area is 123 Å². The molecule has 1 aromatic rings. The Morgan fingerprint density at radius 3 is 2.62 bits per heavy atom. The number of nitrogen functional groups attached to an aromatic ring is 1. The Morgan fingerprint density at radius 2 is 2.05 bits per heavy atom. The fourth-order valence-corrected chi connectivity index (χ4v) is 1.52. The largest absolute Gasteiger partial charge is 0.355 e. The van der Waals surface area contributed by atoms with Gasteiger partial charge in [0.25, 0.3) is 5.91 Å². The summed E-state index contributed by atoms with van der Waals surface area (Å²) in [7, 11) is 0. The van der Waals surface area contributed by atoms with Crippen LogP contribution < -0.4 is 21.9 Å². The van der Waals surface area contributed by atoms with E-state index in [-0.39, 0.29) is 24.1 Å². The lowest BCUT2D eigenvalue weighted by Crippen LogP contribution is -2.38. The molecule has 8 nitrogen and oxygen atoms in total. The van der Waals surface area contributed by atoms with Crippen molar-refractivity contribution in [1.29, 1.82) is 0 Å². The molecule has 5 N–H and O–H groups in total. The molecule has 2 amide bonds. The molecule has 0 aliphatic heterocycles. The van der Waals surface area contributed by atoms with E-state index in [4.69, 9.17) is 5.84 Å². The Morgan fingerprint density at radius 1 is 1.33 bits per heavy atom. The zero-order chi connectivity index (χ0) is 15.8. The van der Waals surface area contributed by atoms with Crippen LogP contribution in [0.5, 0.6) is 0 Å². The molecule has 21 heavy (non-hydrogen) atoms. The molecule has 1 aromatic heterocycles.